The zero-order chi connectivity index (χ0) is 12.5. The molecule has 100 valence electrons. The third-order valence-electron chi connectivity index (χ3n) is 2.19. The average molecular weight is 232 g/mol. The molecule has 1 saturated heterocycles. The summed E-state index contributed by atoms with van der Waals surface area (Å²) in [6.45, 7) is 12.1. The molecule has 0 amide bonds. The molecule has 16 heavy (non-hydrogen) atoms. The zero-order valence-electron chi connectivity index (χ0n) is 11.9. The lowest BCUT2D eigenvalue weighted by molar-refractivity contribution is 0.162. The summed E-state index contributed by atoms with van der Waals surface area (Å²) in [5.41, 5.74) is 0. The van der Waals surface area contributed by atoms with E-state index in [-0.39, 0.29) is 0 Å². The highest BCUT2D eigenvalue weighted by Crippen LogP contribution is 1.98. The third-order valence-corrected chi connectivity index (χ3v) is 2.19. The van der Waals surface area contributed by atoms with E-state index >= 15 is 0 Å². The van der Waals surface area contributed by atoms with Crippen molar-refractivity contribution >= 4 is 0 Å². The molecule has 0 saturated carbocycles. The molecule has 0 bridgehead atoms. The maximum atomic E-state index is 4.94. The van der Waals surface area contributed by atoms with E-state index in [0.29, 0.717) is 0 Å². The van der Waals surface area contributed by atoms with Crippen LogP contribution in [0, 0.1) is 0 Å². The van der Waals surface area contributed by atoms with Crippen LogP contribution in [0.4, 0.5) is 0 Å². The molecule has 0 N–H and O–H groups in total. The van der Waals surface area contributed by atoms with Crippen LogP contribution < -0.4 is 0 Å². The lowest BCUT2D eigenvalue weighted by Gasteiger charge is -1.86. The number of rotatable bonds is 5. The van der Waals surface area contributed by atoms with Crippen LogP contribution in [-0.2, 0) is 9.47 Å². The van der Waals surface area contributed by atoms with Gasteiger partial charge in [0.05, 0.1) is 0 Å². The summed E-state index contributed by atoms with van der Waals surface area (Å²) < 4.78 is 9.78. The normalized spacial score (nSPS) is 13.5. The fraction of sp³-hybridized carbons (Fsp3) is 1.00. The van der Waals surface area contributed by atoms with Crippen LogP contribution in [0.1, 0.15) is 66.2 Å². The van der Waals surface area contributed by atoms with E-state index in [1.165, 1.54) is 38.5 Å². The van der Waals surface area contributed by atoms with Crippen molar-refractivity contribution in [1.29, 1.82) is 0 Å². The lowest BCUT2D eigenvalue weighted by atomic mass is 10.2. The summed E-state index contributed by atoms with van der Waals surface area (Å²) in [5.74, 6) is 0. The maximum absolute atomic E-state index is 4.94. The fourth-order valence-corrected chi connectivity index (χ4v) is 1.21. The second kappa shape index (κ2) is 20.3. The molecule has 1 aliphatic heterocycles. The van der Waals surface area contributed by atoms with E-state index in [0.717, 1.165) is 26.4 Å². The van der Waals surface area contributed by atoms with Crippen LogP contribution in [0.15, 0.2) is 0 Å². The Labute approximate surface area is 103 Å². The van der Waals surface area contributed by atoms with Gasteiger partial charge in [-0.15, -0.1) is 0 Å². The average Bonchev–Trinajstić information content (AvgIpc) is 2.87. The lowest BCUT2D eigenvalue weighted by Crippen LogP contribution is -1.84. The molecule has 2 heteroatoms. The van der Waals surface area contributed by atoms with E-state index in [4.69, 9.17) is 9.47 Å². The number of unbranched alkanes of at least 4 members (excludes halogenated alkanes) is 3. The number of hydrogen-bond donors (Lipinski definition) is 0. The van der Waals surface area contributed by atoms with Crippen LogP contribution in [0.3, 0.4) is 0 Å². The Morgan fingerprint density at radius 2 is 1.25 bits per heavy atom. The molecule has 1 rings (SSSR count). The van der Waals surface area contributed by atoms with Gasteiger partial charge in [-0.05, 0) is 26.7 Å². The van der Waals surface area contributed by atoms with Gasteiger partial charge in [-0.25, -0.2) is 0 Å². The minimum atomic E-state index is 0.844. The molecule has 0 spiro atoms. The van der Waals surface area contributed by atoms with Gasteiger partial charge in [-0.1, -0.05) is 39.5 Å². The molecule has 0 unspecified atom stereocenters. The zero-order valence-corrected chi connectivity index (χ0v) is 11.9. The number of hydrogen-bond acceptors (Lipinski definition) is 2. The van der Waals surface area contributed by atoms with Crippen molar-refractivity contribution in [2.24, 2.45) is 0 Å². The van der Waals surface area contributed by atoms with Crippen molar-refractivity contribution in [2.75, 3.05) is 26.4 Å². The van der Waals surface area contributed by atoms with E-state index in [1.54, 1.807) is 0 Å². The highest BCUT2D eigenvalue weighted by molar-refractivity contribution is 4.43. The predicted octanol–water partition coefficient (Wildman–Crippen LogP) is 4.43. The minimum Gasteiger partial charge on any atom is -0.382 e. The summed E-state index contributed by atoms with van der Waals surface area (Å²) in [7, 11) is 0. The van der Waals surface area contributed by atoms with E-state index in [2.05, 4.69) is 13.8 Å². The van der Waals surface area contributed by atoms with Gasteiger partial charge < -0.3 is 9.47 Å². The summed E-state index contributed by atoms with van der Waals surface area (Å²) in [4.78, 5) is 0. The molecule has 2 nitrogen and oxygen atoms in total. The molecule has 0 aromatic rings. The topological polar surface area (TPSA) is 18.5 Å². The van der Waals surface area contributed by atoms with E-state index < -0.39 is 0 Å². The largest absolute Gasteiger partial charge is 0.382 e. The second-order valence-corrected chi connectivity index (χ2v) is 3.81. The van der Waals surface area contributed by atoms with Gasteiger partial charge in [0, 0.05) is 26.4 Å². The molecule has 0 radical (unpaired) electrons. The van der Waals surface area contributed by atoms with Crippen molar-refractivity contribution in [2.45, 2.75) is 66.2 Å². The number of ether oxygens (including phenoxy) is 2. The van der Waals surface area contributed by atoms with Gasteiger partial charge in [0.1, 0.15) is 0 Å². The molecule has 0 aliphatic carbocycles. The van der Waals surface area contributed by atoms with Gasteiger partial charge in [0.25, 0.3) is 0 Å². The Bertz CT molecular complexity index is 77.1. The third kappa shape index (κ3) is 23.6. The molecule has 1 heterocycles. The van der Waals surface area contributed by atoms with Crippen molar-refractivity contribution in [3.8, 4) is 0 Å². The van der Waals surface area contributed by atoms with E-state index in [9.17, 15) is 0 Å². The summed E-state index contributed by atoms with van der Waals surface area (Å²) in [6.07, 6.45) is 8.09. The highest BCUT2D eigenvalue weighted by atomic mass is 16.5. The first-order valence-corrected chi connectivity index (χ1v) is 6.98. The van der Waals surface area contributed by atoms with Gasteiger partial charge in [-0.3, -0.25) is 0 Å². The predicted molar refractivity (Wildman–Crippen MR) is 72.0 cm³/mol. The van der Waals surface area contributed by atoms with Crippen LogP contribution in [-0.4, -0.2) is 26.4 Å². The summed E-state index contributed by atoms with van der Waals surface area (Å²) in [6, 6.07) is 0. The Kier molecular flexibility index (Phi) is 23.3. The van der Waals surface area contributed by atoms with Crippen molar-refractivity contribution in [1.82, 2.24) is 0 Å². The highest BCUT2D eigenvalue weighted by Gasteiger charge is 1.94. The first-order chi connectivity index (χ1) is 7.83. The van der Waals surface area contributed by atoms with E-state index in [1.807, 2.05) is 13.8 Å². The summed E-state index contributed by atoms with van der Waals surface area (Å²) >= 11 is 0. The fourth-order valence-electron chi connectivity index (χ4n) is 1.21. The van der Waals surface area contributed by atoms with Crippen LogP contribution >= 0.6 is 0 Å². The van der Waals surface area contributed by atoms with Gasteiger partial charge in [0.15, 0.2) is 0 Å². The minimum absolute atomic E-state index is 0.844. The Hall–Kier alpha value is -0.0800. The smallest absolute Gasteiger partial charge is 0.0466 e. The quantitative estimate of drug-likeness (QED) is 0.653. The maximum Gasteiger partial charge on any atom is 0.0466 e. The molecular weight excluding hydrogens is 200 g/mol. The van der Waals surface area contributed by atoms with Crippen molar-refractivity contribution in [3.05, 3.63) is 0 Å². The van der Waals surface area contributed by atoms with Crippen LogP contribution in [0.5, 0.6) is 0 Å². The van der Waals surface area contributed by atoms with Crippen LogP contribution in [0.25, 0.3) is 0 Å². The monoisotopic (exact) mass is 232 g/mol. The van der Waals surface area contributed by atoms with Crippen molar-refractivity contribution in [3.63, 3.8) is 0 Å². The van der Waals surface area contributed by atoms with Crippen molar-refractivity contribution < 1.29 is 9.47 Å². The SMILES string of the molecule is C1CCOC1.CCCCCC.CCOCC. The second-order valence-electron chi connectivity index (χ2n) is 3.81. The molecule has 0 atom stereocenters. The molecular formula is C14H32O2. The Balaban J connectivity index is 0. The molecule has 0 aromatic carbocycles. The Morgan fingerprint density at radius 3 is 1.38 bits per heavy atom. The standard InChI is InChI=1S/C6H14.C4H8O.C4H10O/c1-3-5-6-4-2;1-2-4-5-3-1;1-3-5-4-2/h3-6H2,1-2H3;1-4H2;3-4H2,1-2H3. The molecule has 1 aliphatic rings. The van der Waals surface area contributed by atoms with Crippen LogP contribution in [0.2, 0.25) is 0 Å². The molecule has 1 fully saturated rings. The Morgan fingerprint density at radius 1 is 0.812 bits per heavy atom. The first-order valence-electron chi connectivity index (χ1n) is 6.98. The van der Waals surface area contributed by atoms with Gasteiger partial charge >= 0.3 is 0 Å². The molecule has 0 aromatic heterocycles. The first kappa shape index (κ1) is 18.3. The van der Waals surface area contributed by atoms with Gasteiger partial charge in [-0.2, -0.15) is 0 Å². The summed E-state index contributed by atoms with van der Waals surface area (Å²) in [5, 5.41) is 0. The van der Waals surface area contributed by atoms with Gasteiger partial charge in [0.2, 0.25) is 0 Å².